The van der Waals surface area contributed by atoms with Gasteiger partial charge in [0, 0.05) is 41.2 Å². The van der Waals surface area contributed by atoms with Gasteiger partial charge >= 0.3 is 0 Å². The molecule has 3 heteroatoms. The normalized spacial score (nSPS) is 20.1. The fourth-order valence-corrected chi connectivity index (χ4v) is 4.02. The number of aromatic nitrogens is 1. The first-order chi connectivity index (χ1) is 10.7. The number of hydrogen-bond acceptors (Lipinski definition) is 0. The van der Waals surface area contributed by atoms with E-state index < -0.39 is 0 Å². The lowest BCUT2D eigenvalue weighted by Gasteiger charge is -2.38. The molecule has 0 N–H and O–H groups in total. The SMILES string of the molecule is Cn1c2c(c3ccccc31)C[N+](C)(Cc1ccccc1)CC2.[I-]. The number of nitrogens with zero attached hydrogens (tertiary/aromatic N) is 2. The summed E-state index contributed by atoms with van der Waals surface area (Å²) in [5.41, 5.74) is 5.90. The standard InChI is InChI=1S/C20H23N2.HI/c1-21-19-11-7-6-10-17(19)18-15-22(2,13-12-20(18)21)14-16-8-4-3-5-9-16;/h3-11H,12-15H2,1-2H3;1H/q+1;/p-1. The monoisotopic (exact) mass is 418 g/mol. The Bertz CT molecular complexity index is 822. The second-order valence-corrected chi connectivity index (χ2v) is 6.90. The van der Waals surface area contributed by atoms with E-state index in [9.17, 15) is 0 Å². The molecular weight excluding hydrogens is 395 g/mol. The largest absolute Gasteiger partial charge is 1.00 e. The number of rotatable bonds is 2. The highest BCUT2D eigenvalue weighted by atomic mass is 127. The van der Waals surface area contributed by atoms with Gasteiger partial charge in [0.25, 0.3) is 0 Å². The molecule has 120 valence electrons. The summed E-state index contributed by atoms with van der Waals surface area (Å²) in [6.45, 7) is 3.46. The molecule has 1 aliphatic heterocycles. The molecule has 2 aromatic carbocycles. The Balaban J connectivity index is 0.00000156. The van der Waals surface area contributed by atoms with Gasteiger partial charge in [-0.15, -0.1) is 0 Å². The van der Waals surface area contributed by atoms with Crippen molar-refractivity contribution in [1.82, 2.24) is 4.57 Å². The number of likely N-dealkylation sites (N-methyl/N-ethyl adjacent to an activating group) is 1. The molecule has 0 spiro atoms. The predicted molar refractivity (Wildman–Crippen MR) is 91.5 cm³/mol. The number of para-hydroxylation sites is 1. The molecule has 0 aliphatic carbocycles. The summed E-state index contributed by atoms with van der Waals surface area (Å²) in [7, 11) is 4.62. The van der Waals surface area contributed by atoms with Gasteiger partial charge in [-0.1, -0.05) is 48.5 Å². The average Bonchev–Trinajstić information content (AvgIpc) is 2.81. The second-order valence-electron chi connectivity index (χ2n) is 6.90. The average molecular weight is 418 g/mol. The van der Waals surface area contributed by atoms with Crippen LogP contribution in [0.15, 0.2) is 54.6 Å². The zero-order chi connectivity index (χ0) is 15.2. The lowest BCUT2D eigenvalue weighted by Crippen LogP contribution is -3.00. The number of halogens is 1. The highest BCUT2D eigenvalue weighted by Crippen LogP contribution is 2.33. The third-order valence-corrected chi connectivity index (χ3v) is 5.18. The summed E-state index contributed by atoms with van der Waals surface area (Å²) in [4.78, 5) is 0. The van der Waals surface area contributed by atoms with E-state index in [4.69, 9.17) is 0 Å². The number of hydrogen-bond donors (Lipinski definition) is 0. The van der Waals surface area contributed by atoms with Crippen LogP contribution in [0.1, 0.15) is 16.8 Å². The van der Waals surface area contributed by atoms with Crippen LogP contribution < -0.4 is 24.0 Å². The number of quaternary nitrogens is 1. The molecule has 1 aliphatic rings. The number of benzene rings is 2. The minimum absolute atomic E-state index is 0. The summed E-state index contributed by atoms with van der Waals surface area (Å²) in [6.07, 6.45) is 1.17. The molecule has 0 fully saturated rings. The van der Waals surface area contributed by atoms with Crippen molar-refractivity contribution in [2.45, 2.75) is 19.5 Å². The van der Waals surface area contributed by atoms with E-state index in [1.165, 1.54) is 35.1 Å². The number of aryl methyl sites for hydroxylation is 1. The summed E-state index contributed by atoms with van der Waals surface area (Å²) < 4.78 is 3.50. The molecule has 2 nitrogen and oxygen atoms in total. The van der Waals surface area contributed by atoms with E-state index in [0.29, 0.717) is 0 Å². The lowest BCUT2D eigenvalue weighted by atomic mass is 10.0. The fraction of sp³-hybridized carbons (Fsp3) is 0.300. The molecule has 23 heavy (non-hydrogen) atoms. The highest BCUT2D eigenvalue weighted by Gasteiger charge is 2.32. The quantitative estimate of drug-likeness (QED) is 0.431. The van der Waals surface area contributed by atoms with E-state index in [1.54, 1.807) is 5.56 Å². The molecule has 3 aromatic rings. The Morgan fingerprint density at radius 1 is 1.00 bits per heavy atom. The molecule has 4 rings (SSSR count). The van der Waals surface area contributed by atoms with Gasteiger partial charge in [0.1, 0.15) is 13.1 Å². The van der Waals surface area contributed by atoms with Crippen LogP contribution >= 0.6 is 0 Å². The van der Waals surface area contributed by atoms with Gasteiger partial charge in [-0.2, -0.15) is 0 Å². The highest BCUT2D eigenvalue weighted by molar-refractivity contribution is 5.85. The molecule has 1 atom stereocenters. The van der Waals surface area contributed by atoms with E-state index in [2.05, 4.69) is 73.3 Å². The van der Waals surface area contributed by atoms with E-state index in [0.717, 1.165) is 17.6 Å². The maximum absolute atomic E-state index is 2.40. The van der Waals surface area contributed by atoms with Crippen molar-refractivity contribution in [2.75, 3.05) is 13.6 Å². The van der Waals surface area contributed by atoms with Gasteiger partial charge in [-0.3, -0.25) is 0 Å². The van der Waals surface area contributed by atoms with Crippen LogP contribution in [0, 0.1) is 0 Å². The molecule has 1 unspecified atom stereocenters. The van der Waals surface area contributed by atoms with Crippen LogP contribution in [0.4, 0.5) is 0 Å². The zero-order valence-corrected chi connectivity index (χ0v) is 16.0. The molecule has 0 bridgehead atoms. The summed E-state index contributed by atoms with van der Waals surface area (Å²) in [5, 5.41) is 1.44. The minimum Gasteiger partial charge on any atom is -1.00 e. The van der Waals surface area contributed by atoms with Crippen molar-refractivity contribution < 1.29 is 28.5 Å². The summed E-state index contributed by atoms with van der Waals surface area (Å²) in [5.74, 6) is 0. The molecule has 0 amide bonds. The van der Waals surface area contributed by atoms with Crippen molar-refractivity contribution in [3.63, 3.8) is 0 Å². The fourth-order valence-electron chi connectivity index (χ4n) is 4.02. The Morgan fingerprint density at radius 2 is 1.70 bits per heavy atom. The molecule has 1 aromatic heterocycles. The van der Waals surface area contributed by atoms with Crippen LogP contribution in [0.2, 0.25) is 0 Å². The van der Waals surface area contributed by atoms with E-state index in [-0.39, 0.29) is 24.0 Å². The lowest BCUT2D eigenvalue weighted by molar-refractivity contribution is -0.937. The molecule has 0 saturated heterocycles. The van der Waals surface area contributed by atoms with Gasteiger partial charge in [-0.05, 0) is 6.07 Å². The van der Waals surface area contributed by atoms with Gasteiger partial charge < -0.3 is 33.0 Å². The summed E-state index contributed by atoms with van der Waals surface area (Å²) in [6, 6.07) is 19.7. The van der Waals surface area contributed by atoms with E-state index >= 15 is 0 Å². The third kappa shape index (κ3) is 2.92. The first-order valence-electron chi connectivity index (χ1n) is 8.09. The van der Waals surface area contributed by atoms with Crippen molar-refractivity contribution in [3.05, 3.63) is 71.4 Å². The maximum Gasteiger partial charge on any atom is 0.107 e. The number of fused-ring (bicyclic) bond motifs is 3. The maximum atomic E-state index is 2.40. The van der Waals surface area contributed by atoms with Crippen LogP contribution in [0.3, 0.4) is 0 Å². The van der Waals surface area contributed by atoms with E-state index in [1.807, 2.05) is 0 Å². The Morgan fingerprint density at radius 3 is 2.48 bits per heavy atom. The topological polar surface area (TPSA) is 4.93 Å². The Hall–Kier alpha value is -1.33. The van der Waals surface area contributed by atoms with Crippen LogP contribution in [-0.2, 0) is 26.6 Å². The Labute approximate surface area is 155 Å². The smallest absolute Gasteiger partial charge is 0.107 e. The third-order valence-electron chi connectivity index (χ3n) is 5.18. The second kappa shape index (κ2) is 6.29. The van der Waals surface area contributed by atoms with Crippen molar-refractivity contribution in [1.29, 1.82) is 0 Å². The summed E-state index contributed by atoms with van der Waals surface area (Å²) >= 11 is 0. The minimum atomic E-state index is 0. The molecule has 2 heterocycles. The van der Waals surface area contributed by atoms with Gasteiger partial charge in [0.05, 0.1) is 13.6 Å². The van der Waals surface area contributed by atoms with Crippen LogP contribution in [0.25, 0.3) is 10.9 Å². The molecule has 0 radical (unpaired) electrons. The molecule has 0 saturated carbocycles. The van der Waals surface area contributed by atoms with Gasteiger partial charge in [0.2, 0.25) is 0 Å². The van der Waals surface area contributed by atoms with Crippen molar-refractivity contribution in [3.8, 4) is 0 Å². The Kier molecular flexibility index (Phi) is 4.52. The zero-order valence-electron chi connectivity index (χ0n) is 13.8. The van der Waals surface area contributed by atoms with Crippen LogP contribution in [-0.4, -0.2) is 22.6 Å². The van der Waals surface area contributed by atoms with Gasteiger partial charge in [0.15, 0.2) is 0 Å². The first kappa shape index (κ1) is 16.5. The predicted octanol–water partition coefficient (Wildman–Crippen LogP) is 0.885. The van der Waals surface area contributed by atoms with Crippen LogP contribution in [0.5, 0.6) is 0 Å². The first-order valence-corrected chi connectivity index (χ1v) is 8.09. The van der Waals surface area contributed by atoms with Crippen molar-refractivity contribution in [2.24, 2.45) is 7.05 Å². The van der Waals surface area contributed by atoms with Gasteiger partial charge in [-0.25, -0.2) is 0 Å². The molecular formula is C20H23IN2. The van der Waals surface area contributed by atoms with Crippen molar-refractivity contribution >= 4 is 10.9 Å².